The molecule has 1 N–H and O–H groups in total. The average molecular weight is 296 g/mol. The minimum Gasteiger partial charge on any atom is -0.320 e. The van der Waals surface area contributed by atoms with Crippen LogP contribution >= 0.6 is 0 Å². The molecule has 1 aromatic heterocycles. The molecule has 0 saturated heterocycles. The zero-order valence-corrected chi connectivity index (χ0v) is 11.8. The number of nitrogens with one attached hydrogen (secondary N) is 1. The number of benzene rings is 2. The molecular weight excluding hydrogens is 283 g/mol. The number of nitrogens with zero attached hydrogens (tertiary/aromatic N) is 3. The van der Waals surface area contributed by atoms with E-state index >= 15 is 0 Å². The maximum absolute atomic E-state index is 13.5. The fourth-order valence-electron chi connectivity index (χ4n) is 1.92. The van der Waals surface area contributed by atoms with Crippen LogP contribution in [0.2, 0.25) is 0 Å². The van der Waals surface area contributed by atoms with Crippen molar-refractivity contribution in [1.29, 1.82) is 0 Å². The van der Waals surface area contributed by atoms with E-state index in [9.17, 15) is 9.18 Å². The number of hydrogen-bond donors (Lipinski definition) is 1. The van der Waals surface area contributed by atoms with Crippen molar-refractivity contribution < 1.29 is 9.18 Å². The van der Waals surface area contributed by atoms with Crippen molar-refractivity contribution in [2.24, 2.45) is 0 Å². The van der Waals surface area contributed by atoms with Crippen LogP contribution in [0.15, 0.2) is 54.7 Å². The van der Waals surface area contributed by atoms with Crippen molar-refractivity contribution in [2.75, 3.05) is 5.32 Å². The molecule has 0 radical (unpaired) electrons. The smallest absolute Gasteiger partial charge is 0.277 e. The average Bonchev–Trinajstić information content (AvgIpc) is 3.02. The number of aromatic nitrogens is 3. The summed E-state index contributed by atoms with van der Waals surface area (Å²) in [5.74, 6) is -0.809. The monoisotopic (exact) mass is 296 g/mol. The Kier molecular flexibility index (Phi) is 3.65. The van der Waals surface area contributed by atoms with Crippen LogP contribution in [-0.2, 0) is 0 Å². The van der Waals surface area contributed by atoms with Crippen LogP contribution in [0.1, 0.15) is 16.1 Å². The second-order valence-corrected chi connectivity index (χ2v) is 4.77. The van der Waals surface area contributed by atoms with Gasteiger partial charge in [-0.25, -0.2) is 4.39 Å². The van der Waals surface area contributed by atoms with Gasteiger partial charge in [0.05, 0.1) is 11.9 Å². The Morgan fingerprint density at radius 3 is 2.68 bits per heavy atom. The molecule has 0 unspecified atom stereocenters. The van der Waals surface area contributed by atoms with Crippen molar-refractivity contribution >= 4 is 11.6 Å². The lowest BCUT2D eigenvalue weighted by Gasteiger charge is -2.04. The van der Waals surface area contributed by atoms with Crippen molar-refractivity contribution in [1.82, 2.24) is 15.0 Å². The first-order valence-corrected chi connectivity index (χ1v) is 6.69. The first-order valence-electron chi connectivity index (χ1n) is 6.69. The summed E-state index contributed by atoms with van der Waals surface area (Å²) in [6, 6.07) is 13.8. The van der Waals surface area contributed by atoms with Gasteiger partial charge in [0.15, 0.2) is 5.69 Å². The van der Waals surface area contributed by atoms with Gasteiger partial charge >= 0.3 is 0 Å². The normalized spacial score (nSPS) is 10.5. The third-order valence-electron chi connectivity index (χ3n) is 3.14. The number of amides is 1. The third kappa shape index (κ3) is 2.85. The van der Waals surface area contributed by atoms with Gasteiger partial charge in [0, 0.05) is 5.69 Å². The molecule has 1 amide bonds. The van der Waals surface area contributed by atoms with E-state index in [2.05, 4.69) is 15.5 Å². The molecule has 0 aliphatic heterocycles. The van der Waals surface area contributed by atoms with Gasteiger partial charge in [0.25, 0.3) is 5.91 Å². The van der Waals surface area contributed by atoms with E-state index in [1.165, 1.54) is 17.1 Å². The lowest BCUT2D eigenvalue weighted by molar-refractivity contribution is 0.102. The van der Waals surface area contributed by atoms with Gasteiger partial charge in [-0.3, -0.25) is 4.79 Å². The van der Waals surface area contributed by atoms with Gasteiger partial charge < -0.3 is 5.32 Å². The van der Waals surface area contributed by atoms with E-state index in [4.69, 9.17) is 0 Å². The molecule has 22 heavy (non-hydrogen) atoms. The van der Waals surface area contributed by atoms with Gasteiger partial charge in [-0.2, -0.15) is 9.90 Å². The SMILES string of the molecule is Cc1ccc(NC(=O)c2cnn(-c3ccccc3)n2)cc1F. The number of aryl methyl sites for hydroxylation is 1. The Hall–Kier alpha value is -3.02. The second kappa shape index (κ2) is 5.77. The van der Waals surface area contributed by atoms with E-state index in [1.54, 1.807) is 19.1 Å². The topological polar surface area (TPSA) is 59.8 Å². The molecule has 110 valence electrons. The van der Waals surface area contributed by atoms with E-state index < -0.39 is 5.91 Å². The van der Waals surface area contributed by atoms with Gasteiger partial charge in [-0.05, 0) is 36.8 Å². The van der Waals surface area contributed by atoms with Crippen LogP contribution in [0.25, 0.3) is 5.69 Å². The van der Waals surface area contributed by atoms with Crippen molar-refractivity contribution in [3.63, 3.8) is 0 Å². The molecule has 3 aromatic rings. The molecule has 0 aliphatic carbocycles. The van der Waals surface area contributed by atoms with Crippen LogP contribution in [0.4, 0.5) is 10.1 Å². The maximum atomic E-state index is 13.5. The van der Waals surface area contributed by atoms with Gasteiger partial charge in [-0.1, -0.05) is 24.3 Å². The summed E-state index contributed by atoms with van der Waals surface area (Å²) in [6.45, 7) is 1.66. The molecule has 0 bridgehead atoms. The summed E-state index contributed by atoms with van der Waals surface area (Å²) >= 11 is 0. The molecule has 0 fully saturated rings. The molecule has 2 aromatic carbocycles. The Morgan fingerprint density at radius 1 is 1.18 bits per heavy atom. The molecule has 0 spiro atoms. The predicted molar refractivity (Wildman–Crippen MR) is 80.4 cm³/mol. The van der Waals surface area contributed by atoms with Crippen molar-refractivity contribution in [3.8, 4) is 5.69 Å². The standard InChI is InChI=1S/C16H13FN4O/c1-11-7-8-12(9-14(11)17)19-16(22)15-10-18-21(20-15)13-5-3-2-4-6-13/h2-10H,1H3,(H,19,22). The highest BCUT2D eigenvalue weighted by atomic mass is 19.1. The number of anilines is 1. The molecule has 0 saturated carbocycles. The van der Waals surface area contributed by atoms with E-state index in [0.29, 0.717) is 11.3 Å². The van der Waals surface area contributed by atoms with Crippen molar-refractivity contribution in [3.05, 3.63) is 71.8 Å². The summed E-state index contributed by atoms with van der Waals surface area (Å²) in [7, 11) is 0. The van der Waals surface area contributed by atoms with Crippen LogP contribution < -0.4 is 5.32 Å². The lowest BCUT2D eigenvalue weighted by atomic mass is 10.2. The predicted octanol–water partition coefficient (Wildman–Crippen LogP) is 2.97. The Morgan fingerprint density at radius 2 is 1.95 bits per heavy atom. The lowest BCUT2D eigenvalue weighted by Crippen LogP contribution is -2.13. The zero-order chi connectivity index (χ0) is 15.5. The molecule has 5 nitrogen and oxygen atoms in total. The van der Waals surface area contributed by atoms with E-state index in [1.807, 2.05) is 30.3 Å². The van der Waals surface area contributed by atoms with Crippen LogP contribution in [-0.4, -0.2) is 20.9 Å². The molecule has 0 aliphatic rings. The highest BCUT2D eigenvalue weighted by Gasteiger charge is 2.12. The molecule has 0 atom stereocenters. The summed E-state index contributed by atoms with van der Waals surface area (Å²) in [5, 5.41) is 10.8. The molecule has 1 heterocycles. The largest absolute Gasteiger partial charge is 0.320 e. The van der Waals surface area contributed by atoms with Crippen molar-refractivity contribution in [2.45, 2.75) is 6.92 Å². The molecular formula is C16H13FN4O. The number of hydrogen-bond acceptors (Lipinski definition) is 3. The summed E-state index contributed by atoms with van der Waals surface area (Å²) in [4.78, 5) is 13.5. The number of carbonyl (C=O) groups is 1. The van der Waals surface area contributed by atoms with Gasteiger partial charge in [-0.15, -0.1) is 5.10 Å². The Bertz CT molecular complexity index is 814. The first-order chi connectivity index (χ1) is 10.6. The van der Waals surface area contributed by atoms with E-state index in [-0.39, 0.29) is 11.5 Å². The second-order valence-electron chi connectivity index (χ2n) is 4.77. The number of carbonyl (C=O) groups excluding carboxylic acids is 1. The highest BCUT2D eigenvalue weighted by molar-refractivity contribution is 6.02. The quantitative estimate of drug-likeness (QED) is 0.808. The third-order valence-corrected chi connectivity index (χ3v) is 3.14. The van der Waals surface area contributed by atoms with Crippen LogP contribution in [0.3, 0.4) is 0 Å². The Labute approximate surface area is 126 Å². The number of para-hydroxylation sites is 1. The number of rotatable bonds is 3. The number of halogens is 1. The highest BCUT2D eigenvalue weighted by Crippen LogP contribution is 2.14. The van der Waals surface area contributed by atoms with Gasteiger partial charge in [0.2, 0.25) is 0 Å². The first kappa shape index (κ1) is 13.9. The summed E-state index contributed by atoms with van der Waals surface area (Å²) < 4.78 is 13.5. The molecule has 3 rings (SSSR count). The van der Waals surface area contributed by atoms with Crippen LogP contribution in [0.5, 0.6) is 0 Å². The zero-order valence-electron chi connectivity index (χ0n) is 11.8. The fraction of sp³-hybridized carbons (Fsp3) is 0.0625. The van der Waals surface area contributed by atoms with E-state index in [0.717, 1.165) is 5.69 Å². The summed E-state index contributed by atoms with van der Waals surface area (Å²) in [6.07, 6.45) is 1.37. The minimum absolute atomic E-state index is 0.157. The minimum atomic E-state index is -0.439. The fourth-order valence-corrected chi connectivity index (χ4v) is 1.92. The molecule has 6 heteroatoms. The Balaban J connectivity index is 1.78. The van der Waals surface area contributed by atoms with Crippen LogP contribution in [0, 0.1) is 12.7 Å². The maximum Gasteiger partial charge on any atom is 0.277 e. The summed E-state index contributed by atoms with van der Waals surface area (Å²) in [5.41, 5.74) is 1.81. The van der Waals surface area contributed by atoms with Gasteiger partial charge in [0.1, 0.15) is 5.82 Å².